The van der Waals surface area contributed by atoms with Gasteiger partial charge in [-0.1, -0.05) is 17.7 Å². The van der Waals surface area contributed by atoms with Gasteiger partial charge in [0.2, 0.25) is 0 Å². The van der Waals surface area contributed by atoms with Crippen molar-refractivity contribution in [1.82, 2.24) is 9.88 Å². The third-order valence-electron chi connectivity index (χ3n) is 4.74. The number of morpholine rings is 1. The maximum atomic E-state index is 12.6. The highest BCUT2D eigenvalue weighted by molar-refractivity contribution is 6.36. The molecule has 0 N–H and O–H groups in total. The Morgan fingerprint density at radius 1 is 1.17 bits per heavy atom. The highest BCUT2D eigenvalue weighted by Gasteiger charge is 2.21. The van der Waals surface area contributed by atoms with Crippen LogP contribution in [-0.2, 0) is 17.6 Å². The fourth-order valence-electron chi connectivity index (χ4n) is 3.45. The zero-order valence-electron chi connectivity index (χ0n) is 13.0. The third kappa shape index (κ3) is 2.70. The van der Waals surface area contributed by atoms with Crippen LogP contribution in [0.4, 0.5) is 0 Å². The van der Waals surface area contributed by atoms with E-state index in [4.69, 9.17) is 21.3 Å². The number of benzene rings is 1. The van der Waals surface area contributed by atoms with Crippen molar-refractivity contribution in [3.63, 3.8) is 0 Å². The minimum atomic E-state index is 0.0471. The Balaban J connectivity index is 1.74. The largest absolute Gasteiger partial charge is 0.378 e. The maximum Gasteiger partial charge on any atom is 0.254 e. The Bertz CT molecular complexity index is 769. The van der Waals surface area contributed by atoms with Gasteiger partial charge in [0.05, 0.1) is 23.8 Å². The summed E-state index contributed by atoms with van der Waals surface area (Å²) < 4.78 is 5.31. The zero-order chi connectivity index (χ0) is 15.8. The molecule has 120 valence electrons. The van der Waals surface area contributed by atoms with Crippen molar-refractivity contribution in [1.29, 1.82) is 0 Å². The van der Waals surface area contributed by atoms with Crippen LogP contribution in [0.2, 0.25) is 5.02 Å². The normalized spacial score (nSPS) is 18.0. The van der Waals surface area contributed by atoms with Gasteiger partial charge < -0.3 is 9.64 Å². The van der Waals surface area contributed by atoms with E-state index in [9.17, 15) is 4.79 Å². The summed E-state index contributed by atoms with van der Waals surface area (Å²) in [7, 11) is 0. The molecular formula is C18H19ClN2O2. The van der Waals surface area contributed by atoms with Gasteiger partial charge in [0, 0.05) is 29.7 Å². The predicted molar refractivity (Wildman–Crippen MR) is 90.1 cm³/mol. The predicted octanol–water partition coefficient (Wildman–Crippen LogP) is 3.24. The first kappa shape index (κ1) is 14.9. The van der Waals surface area contributed by atoms with Crippen LogP contribution in [0.5, 0.6) is 0 Å². The summed E-state index contributed by atoms with van der Waals surface area (Å²) in [5.74, 6) is 0.0471. The minimum absolute atomic E-state index is 0.0471. The lowest BCUT2D eigenvalue weighted by Crippen LogP contribution is -2.40. The van der Waals surface area contributed by atoms with Crippen LogP contribution < -0.4 is 0 Å². The number of carbonyl (C=O) groups is 1. The molecule has 5 heteroatoms. The van der Waals surface area contributed by atoms with Gasteiger partial charge in [0.25, 0.3) is 5.91 Å². The van der Waals surface area contributed by atoms with Crippen molar-refractivity contribution in [2.75, 3.05) is 26.3 Å². The van der Waals surface area contributed by atoms with Crippen molar-refractivity contribution in [3.05, 3.63) is 40.0 Å². The van der Waals surface area contributed by atoms with E-state index in [0.717, 1.165) is 40.9 Å². The number of rotatable bonds is 1. The summed E-state index contributed by atoms with van der Waals surface area (Å²) in [6.07, 6.45) is 4.32. The molecule has 0 radical (unpaired) electrons. The van der Waals surface area contributed by atoms with Crippen molar-refractivity contribution < 1.29 is 9.53 Å². The number of aromatic nitrogens is 1. The smallest absolute Gasteiger partial charge is 0.254 e. The number of pyridine rings is 1. The summed E-state index contributed by atoms with van der Waals surface area (Å²) in [6, 6.07) is 5.68. The molecule has 23 heavy (non-hydrogen) atoms. The number of halogens is 1. The number of ether oxygens (including phenoxy) is 1. The van der Waals surface area contributed by atoms with Gasteiger partial charge in [-0.15, -0.1) is 0 Å². The van der Waals surface area contributed by atoms with Crippen LogP contribution in [0.3, 0.4) is 0 Å². The van der Waals surface area contributed by atoms with E-state index in [1.165, 1.54) is 12.0 Å². The van der Waals surface area contributed by atoms with Crippen LogP contribution >= 0.6 is 11.6 Å². The third-order valence-corrected chi connectivity index (χ3v) is 5.17. The Hall–Kier alpha value is -1.65. The molecule has 2 heterocycles. The van der Waals surface area contributed by atoms with Gasteiger partial charge >= 0.3 is 0 Å². The van der Waals surface area contributed by atoms with E-state index < -0.39 is 0 Å². The van der Waals surface area contributed by atoms with Gasteiger partial charge in [-0.2, -0.15) is 0 Å². The number of nitrogens with zero attached hydrogens (tertiary/aromatic N) is 2. The number of carbonyl (C=O) groups excluding carboxylic acids is 1. The SMILES string of the molecule is O=C(c1ccc2c(Cl)c3c(nc2c1)CCCC3)N1CCOCC1. The van der Waals surface area contributed by atoms with E-state index in [-0.39, 0.29) is 5.91 Å². The van der Waals surface area contributed by atoms with Gasteiger partial charge in [-0.25, -0.2) is 0 Å². The first-order valence-corrected chi connectivity index (χ1v) is 8.60. The molecule has 0 saturated carbocycles. The van der Waals surface area contributed by atoms with E-state index in [1.807, 2.05) is 23.1 Å². The molecule has 2 aromatic rings. The molecule has 0 spiro atoms. The lowest BCUT2D eigenvalue weighted by atomic mass is 9.94. The number of hydrogen-bond donors (Lipinski definition) is 0. The van der Waals surface area contributed by atoms with Gasteiger partial charge in [0.15, 0.2) is 0 Å². The summed E-state index contributed by atoms with van der Waals surface area (Å²) in [5.41, 5.74) is 3.80. The highest BCUT2D eigenvalue weighted by atomic mass is 35.5. The molecule has 2 aliphatic rings. The second kappa shape index (κ2) is 6.10. The highest BCUT2D eigenvalue weighted by Crippen LogP contribution is 2.33. The molecule has 1 aliphatic carbocycles. The lowest BCUT2D eigenvalue weighted by molar-refractivity contribution is 0.0303. The Kier molecular flexibility index (Phi) is 3.95. The van der Waals surface area contributed by atoms with Crippen LogP contribution in [0.1, 0.15) is 34.5 Å². The van der Waals surface area contributed by atoms with Gasteiger partial charge in [-0.3, -0.25) is 9.78 Å². The molecule has 1 aromatic carbocycles. The molecule has 1 amide bonds. The molecular weight excluding hydrogens is 312 g/mol. The monoisotopic (exact) mass is 330 g/mol. The molecule has 0 unspecified atom stereocenters. The second-order valence-corrected chi connectivity index (χ2v) is 6.57. The van der Waals surface area contributed by atoms with Crippen LogP contribution in [0.25, 0.3) is 10.9 Å². The van der Waals surface area contributed by atoms with Crippen LogP contribution in [-0.4, -0.2) is 42.1 Å². The molecule has 4 rings (SSSR count). The summed E-state index contributed by atoms with van der Waals surface area (Å²) in [5, 5.41) is 1.76. The van der Waals surface area contributed by atoms with Crippen molar-refractivity contribution in [2.24, 2.45) is 0 Å². The average molecular weight is 331 g/mol. The molecule has 1 aliphatic heterocycles. The van der Waals surface area contributed by atoms with E-state index in [0.29, 0.717) is 31.9 Å². The first-order chi connectivity index (χ1) is 11.2. The lowest BCUT2D eigenvalue weighted by Gasteiger charge is -2.27. The number of fused-ring (bicyclic) bond motifs is 2. The average Bonchev–Trinajstić information content (AvgIpc) is 2.61. The fraction of sp³-hybridized carbons (Fsp3) is 0.444. The maximum absolute atomic E-state index is 12.6. The standard InChI is InChI=1S/C18H19ClN2O2/c19-17-13-3-1-2-4-15(13)20-16-11-12(5-6-14(16)17)18(22)21-7-9-23-10-8-21/h5-6,11H,1-4,7-10H2. The number of hydrogen-bond acceptors (Lipinski definition) is 3. The summed E-state index contributed by atoms with van der Waals surface area (Å²) in [4.78, 5) is 19.2. The van der Waals surface area contributed by atoms with Crippen molar-refractivity contribution in [2.45, 2.75) is 25.7 Å². The molecule has 1 aromatic heterocycles. The van der Waals surface area contributed by atoms with E-state index in [2.05, 4.69) is 0 Å². The van der Waals surface area contributed by atoms with Gasteiger partial charge in [-0.05, 0) is 43.4 Å². The Morgan fingerprint density at radius 2 is 1.96 bits per heavy atom. The Morgan fingerprint density at radius 3 is 2.78 bits per heavy atom. The number of amides is 1. The van der Waals surface area contributed by atoms with E-state index in [1.54, 1.807) is 0 Å². The molecule has 1 saturated heterocycles. The first-order valence-electron chi connectivity index (χ1n) is 8.22. The number of aryl methyl sites for hydroxylation is 1. The summed E-state index contributed by atoms with van der Waals surface area (Å²) >= 11 is 6.59. The zero-order valence-corrected chi connectivity index (χ0v) is 13.7. The van der Waals surface area contributed by atoms with Gasteiger partial charge in [0.1, 0.15) is 0 Å². The fourth-order valence-corrected chi connectivity index (χ4v) is 3.81. The molecule has 4 nitrogen and oxygen atoms in total. The van der Waals surface area contributed by atoms with E-state index >= 15 is 0 Å². The molecule has 0 bridgehead atoms. The minimum Gasteiger partial charge on any atom is -0.378 e. The van der Waals surface area contributed by atoms with Crippen molar-refractivity contribution in [3.8, 4) is 0 Å². The topological polar surface area (TPSA) is 42.4 Å². The Labute approximate surface area is 140 Å². The summed E-state index contributed by atoms with van der Waals surface area (Å²) in [6.45, 7) is 2.51. The second-order valence-electron chi connectivity index (χ2n) is 6.19. The quantitative estimate of drug-likeness (QED) is 0.806. The molecule has 0 atom stereocenters. The molecule has 1 fully saturated rings. The van der Waals surface area contributed by atoms with Crippen molar-refractivity contribution >= 4 is 28.4 Å². The van der Waals surface area contributed by atoms with Crippen LogP contribution in [0, 0.1) is 0 Å². The van der Waals surface area contributed by atoms with Crippen LogP contribution in [0.15, 0.2) is 18.2 Å².